The number of rotatable bonds is 8. The smallest absolute Gasteiger partial charge is 0.325 e. The lowest BCUT2D eigenvalue weighted by molar-refractivity contribution is -0.129. The molecule has 3 heterocycles. The largest absolute Gasteiger partial charge is 0.497 e. The van der Waals surface area contributed by atoms with Crippen LogP contribution in [0, 0.1) is 5.92 Å². The van der Waals surface area contributed by atoms with Crippen LogP contribution in [-0.4, -0.2) is 82.8 Å². The first-order chi connectivity index (χ1) is 15.4. The summed E-state index contributed by atoms with van der Waals surface area (Å²) >= 11 is 0. The van der Waals surface area contributed by atoms with Crippen LogP contribution in [0.2, 0.25) is 0 Å². The molecule has 0 aliphatic carbocycles. The molecular weight excluding hydrogens is 412 g/mol. The summed E-state index contributed by atoms with van der Waals surface area (Å²) in [6, 6.07) is 6.82. The first-order valence-corrected chi connectivity index (χ1v) is 11.0. The fraction of sp³-hybridized carbons (Fsp3) is 0.545. The summed E-state index contributed by atoms with van der Waals surface area (Å²) in [6.07, 6.45) is 0.664. The number of hydrogen-bond acceptors (Lipinski definition) is 8. The lowest BCUT2D eigenvalue weighted by atomic mass is 10.0. The highest BCUT2D eigenvalue weighted by molar-refractivity contribution is 6.04. The van der Waals surface area contributed by atoms with Crippen molar-refractivity contribution in [2.45, 2.75) is 32.9 Å². The zero-order valence-electron chi connectivity index (χ0n) is 18.8. The van der Waals surface area contributed by atoms with Gasteiger partial charge in [0.1, 0.15) is 11.8 Å². The van der Waals surface area contributed by atoms with Gasteiger partial charge in [-0.25, -0.2) is 9.69 Å². The van der Waals surface area contributed by atoms with Crippen LogP contribution in [0.3, 0.4) is 0 Å². The topological polar surface area (TPSA) is 104 Å². The van der Waals surface area contributed by atoms with Crippen molar-refractivity contribution in [1.29, 1.82) is 0 Å². The van der Waals surface area contributed by atoms with Crippen molar-refractivity contribution in [2.24, 2.45) is 5.92 Å². The van der Waals surface area contributed by atoms with Gasteiger partial charge in [0.2, 0.25) is 11.7 Å². The van der Waals surface area contributed by atoms with Crippen LogP contribution >= 0.6 is 0 Å². The maximum atomic E-state index is 12.6. The van der Waals surface area contributed by atoms with Crippen LogP contribution in [-0.2, 0) is 11.3 Å². The van der Waals surface area contributed by atoms with Gasteiger partial charge in [0.05, 0.1) is 20.3 Å². The number of carbonyl (C=O) groups excluding carboxylic acids is 2. The molecule has 4 rings (SSSR count). The van der Waals surface area contributed by atoms with Crippen LogP contribution in [0.1, 0.15) is 26.2 Å². The van der Waals surface area contributed by atoms with Gasteiger partial charge < -0.3 is 14.6 Å². The van der Waals surface area contributed by atoms with Crippen molar-refractivity contribution in [3.8, 4) is 17.1 Å². The van der Waals surface area contributed by atoms with E-state index in [4.69, 9.17) is 9.26 Å². The quantitative estimate of drug-likeness (QED) is 0.617. The van der Waals surface area contributed by atoms with Gasteiger partial charge in [0.15, 0.2) is 0 Å². The van der Waals surface area contributed by atoms with Gasteiger partial charge in [0.25, 0.3) is 5.91 Å². The van der Waals surface area contributed by atoms with Crippen LogP contribution in [0.25, 0.3) is 11.4 Å². The molecule has 0 saturated carbocycles. The van der Waals surface area contributed by atoms with E-state index in [9.17, 15) is 9.59 Å². The number of imide groups is 1. The van der Waals surface area contributed by atoms with Gasteiger partial charge in [-0.3, -0.25) is 14.6 Å². The minimum Gasteiger partial charge on any atom is -0.497 e. The predicted molar refractivity (Wildman–Crippen MR) is 117 cm³/mol. The third-order valence-electron chi connectivity index (χ3n) is 5.80. The number of carbonyl (C=O) groups is 2. The van der Waals surface area contributed by atoms with E-state index in [1.165, 1.54) is 4.90 Å². The van der Waals surface area contributed by atoms with Crippen molar-refractivity contribution < 1.29 is 18.8 Å². The van der Waals surface area contributed by atoms with Gasteiger partial charge >= 0.3 is 6.03 Å². The third-order valence-corrected chi connectivity index (χ3v) is 5.80. The highest BCUT2D eigenvalue weighted by atomic mass is 16.5. The molecule has 2 aliphatic heterocycles. The second kappa shape index (κ2) is 9.66. The Hall–Kier alpha value is -2.98. The SMILES string of the molecule is COc1ccc(-c2noc(CN3CCN(CN4C(=O)NC(CC(C)C)C4=O)CC3)n2)cc1. The van der Waals surface area contributed by atoms with E-state index in [1.807, 2.05) is 38.1 Å². The van der Waals surface area contributed by atoms with Gasteiger partial charge in [-0.2, -0.15) is 4.98 Å². The standard InChI is InChI=1S/C22H30N6O4/c1-15(2)12-18-21(29)28(22(30)23-18)14-27-10-8-26(9-11-27)13-19-24-20(25-32-19)16-4-6-17(31-3)7-5-16/h4-7,15,18H,8-14H2,1-3H3,(H,23,30). The lowest BCUT2D eigenvalue weighted by Crippen LogP contribution is -2.51. The zero-order valence-corrected chi connectivity index (χ0v) is 18.8. The number of aromatic nitrogens is 2. The molecule has 1 aromatic heterocycles. The van der Waals surface area contributed by atoms with Crippen molar-refractivity contribution >= 4 is 11.9 Å². The maximum absolute atomic E-state index is 12.6. The molecule has 0 radical (unpaired) electrons. The average Bonchev–Trinajstić information content (AvgIpc) is 3.35. The molecule has 32 heavy (non-hydrogen) atoms. The molecule has 172 valence electrons. The minimum absolute atomic E-state index is 0.122. The first kappa shape index (κ1) is 22.2. The summed E-state index contributed by atoms with van der Waals surface area (Å²) in [7, 11) is 1.63. The molecule has 2 aliphatic rings. The summed E-state index contributed by atoms with van der Waals surface area (Å²) in [4.78, 5) is 35.0. The molecule has 1 N–H and O–H groups in total. The molecule has 2 fully saturated rings. The van der Waals surface area contributed by atoms with Crippen LogP contribution in [0.4, 0.5) is 4.79 Å². The Morgan fingerprint density at radius 2 is 1.81 bits per heavy atom. The van der Waals surface area contributed by atoms with Crippen molar-refractivity contribution in [1.82, 2.24) is 30.2 Å². The van der Waals surface area contributed by atoms with Crippen molar-refractivity contribution in [2.75, 3.05) is 40.0 Å². The molecule has 0 spiro atoms. The summed E-state index contributed by atoms with van der Waals surface area (Å²) in [6.45, 7) is 8.08. The third kappa shape index (κ3) is 5.08. The number of benzene rings is 1. The fourth-order valence-corrected chi connectivity index (χ4v) is 4.00. The molecule has 2 aromatic rings. The zero-order chi connectivity index (χ0) is 22.7. The Morgan fingerprint density at radius 1 is 1.12 bits per heavy atom. The average molecular weight is 443 g/mol. The fourth-order valence-electron chi connectivity index (χ4n) is 4.00. The van der Waals surface area contributed by atoms with Gasteiger partial charge in [0, 0.05) is 31.7 Å². The van der Waals surface area contributed by atoms with Crippen molar-refractivity contribution in [3.63, 3.8) is 0 Å². The molecule has 10 heteroatoms. The maximum Gasteiger partial charge on any atom is 0.325 e. The van der Waals surface area contributed by atoms with E-state index in [0.717, 1.165) is 37.5 Å². The molecule has 3 amide bonds. The second-order valence-electron chi connectivity index (χ2n) is 8.67. The van der Waals surface area contributed by atoms with Crippen LogP contribution in [0.5, 0.6) is 5.75 Å². The highest BCUT2D eigenvalue weighted by Crippen LogP contribution is 2.20. The number of amides is 3. The second-order valence-corrected chi connectivity index (χ2v) is 8.67. The summed E-state index contributed by atoms with van der Waals surface area (Å²) in [5.41, 5.74) is 0.870. The molecular formula is C22H30N6O4. The lowest BCUT2D eigenvalue weighted by Gasteiger charge is -2.35. The molecule has 10 nitrogen and oxygen atoms in total. The van der Waals surface area contributed by atoms with Gasteiger partial charge in [-0.1, -0.05) is 19.0 Å². The monoisotopic (exact) mass is 442 g/mol. The van der Waals surface area contributed by atoms with E-state index in [-0.39, 0.29) is 11.9 Å². The first-order valence-electron chi connectivity index (χ1n) is 11.0. The van der Waals surface area contributed by atoms with Gasteiger partial charge in [-0.05, 0) is 36.6 Å². The Kier molecular flexibility index (Phi) is 6.71. The van der Waals surface area contributed by atoms with E-state index in [2.05, 4.69) is 25.3 Å². The van der Waals surface area contributed by atoms with Gasteiger partial charge in [-0.15, -0.1) is 0 Å². The van der Waals surface area contributed by atoms with E-state index in [0.29, 0.717) is 37.3 Å². The summed E-state index contributed by atoms with van der Waals surface area (Å²) in [5, 5.41) is 6.89. The number of nitrogens with one attached hydrogen (secondary N) is 1. The molecule has 1 aromatic carbocycles. The predicted octanol–water partition coefficient (Wildman–Crippen LogP) is 1.79. The number of urea groups is 1. The Balaban J connectivity index is 1.26. The normalized spacial score (nSPS) is 20.2. The van der Waals surface area contributed by atoms with E-state index < -0.39 is 6.04 Å². The number of hydrogen-bond donors (Lipinski definition) is 1. The van der Waals surface area contributed by atoms with E-state index in [1.54, 1.807) is 7.11 Å². The van der Waals surface area contributed by atoms with Crippen molar-refractivity contribution in [3.05, 3.63) is 30.2 Å². The molecule has 2 saturated heterocycles. The summed E-state index contributed by atoms with van der Waals surface area (Å²) in [5.74, 6) is 2.12. The highest BCUT2D eigenvalue weighted by Gasteiger charge is 2.39. The molecule has 1 atom stereocenters. The van der Waals surface area contributed by atoms with Crippen LogP contribution in [0.15, 0.2) is 28.8 Å². The Bertz CT molecular complexity index is 936. The summed E-state index contributed by atoms with van der Waals surface area (Å²) < 4.78 is 10.6. The van der Waals surface area contributed by atoms with Crippen LogP contribution < -0.4 is 10.1 Å². The Morgan fingerprint density at radius 3 is 2.47 bits per heavy atom. The number of piperazine rings is 1. The number of ether oxygens (including phenoxy) is 1. The van der Waals surface area contributed by atoms with E-state index >= 15 is 0 Å². The Labute approximate surface area is 187 Å². The minimum atomic E-state index is -0.402. The molecule has 1 unspecified atom stereocenters. The molecule has 0 bridgehead atoms. The number of nitrogens with zero attached hydrogens (tertiary/aromatic N) is 5. The number of methoxy groups -OCH3 is 1.